The summed E-state index contributed by atoms with van der Waals surface area (Å²) in [6.45, 7) is 5.99. The van der Waals surface area contributed by atoms with Gasteiger partial charge < -0.3 is 9.88 Å². The Morgan fingerprint density at radius 2 is 1.86 bits per heavy atom. The molecule has 2 aliphatic rings. The van der Waals surface area contributed by atoms with Crippen molar-refractivity contribution < 1.29 is 0 Å². The van der Waals surface area contributed by atoms with E-state index in [1.165, 1.54) is 11.1 Å². The Labute approximate surface area is 164 Å². The minimum Gasteiger partial charge on any atom is -0.362 e. The third kappa shape index (κ3) is 2.66. The molecule has 0 bridgehead atoms. The second-order valence-corrected chi connectivity index (χ2v) is 7.77. The smallest absolute Gasteiger partial charge is 0.140 e. The summed E-state index contributed by atoms with van der Waals surface area (Å²) in [6.07, 6.45) is 8.05. The first-order chi connectivity index (χ1) is 13.6. The number of aromatic nitrogens is 2. The molecule has 0 aliphatic carbocycles. The number of H-pyrrole nitrogens is 1. The summed E-state index contributed by atoms with van der Waals surface area (Å²) in [5.41, 5.74) is 6.61. The SMILES string of the molecule is CC1C=CC(c2c[nH]c3nccc(N4Cc5ccccc5C4)c23)=NC(=N)C1C. The van der Waals surface area contributed by atoms with Gasteiger partial charge in [-0.2, -0.15) is 0 Å². The van der Waals surface area contributed by atoms with Crippen LogP contribution in [0.25, 0.3) is 11.0 Å². The van der Waals surface area contributed by atoms with Crippen LogP contribution in [-0.4, -0.2) is 21.5 Å². The maximum absolute atomic E-state index is 8.35. The molecule has 0 spiro atoms. The number of allylic oxidation sites excluding steroid dienone is 2. The summed E-state index contributed by atoms with van der Waals surface area (Å²) in [7, 11) is 0. The molecule has 0 radical (unpaired) electrons. The van der Waals surface area contributed by atoms with Gasteiger partial charge in [-0.05, 0) is 29.2 Å². The first kappa shape index (κ1) is 16.9. The highest BCUT2D eigenvalue weighted by atomic mass is 15.1. The Morgan fingerprint density at radius 1 is 1.11 bits per heavy atom. The molecular weight excluding hydrogens is 346 g/mol. The van der Waals surface area contributed by atoms with Crippen molar-refractivity contribution in [1.29, 1.82) is 5.41 Å². The standard InChI is InChI=1S/C23H23N5/c1-14-7-8-19(27-22(24)15(14)2)18-11-26-23-21(18)20(9-10-25-23)28-12-16-5-3-4-6-17(16)13-28/h3-11,14-15,24H,12-13H2,1-2H3,(H,25,26). The van der Waals surface area contributed by atoms with E-state index >= 15 is 0 Å². The monoisotopic (exact) mass is 369 g/mol. The Hall–Kier alpha value is -3.21. The van der Waals surface area contributed by atoms with E-state index in [9.17, 15) is 0 Å². The maximum Gasteiger partial charge on any atom is 0.140 e. The highest BCUT2D eigenvalue weighted by Gasteiger charge is 2.24. The number of benzene rings is 1. The molecule has 2 aliphatic heterocycles. The fraction of sp³-hybridized carbons (Fsp3) is 0.261. The van der Waals surface area contributed by atoms with E-state index in [-0.39, 0.29) is 5.92 Å². The molecule has 5 rings (SSSR count). The van der Waals surface area contributed by atoms with E-state index in [0.29, 0.717) is 11.8 Å². The molecule has 0 amide bonds. The minimum absolute atomic E-state index is 0.115. The van der Waals surface area contributed by atoms with Crippen LogP contribution in [0.3, 0.4) is 0 Å². The Bertz CT molecular complexity index is 1110. The van der Waals surface area contributed by atoms with Gasteiger partial charge >= 0.3 is 0 Å². The van der Waals surface area contributed by atoms with E-state index in [0.717, 1.165) is 41.1 Å². The first-order valence-electron chi connectivity index (χ1n) is 9.75. The Morgan fingerprint density at radius 3 is 2.61 bits per heavy atom. The van der Waals surface area contributed by atoms with Gasteiger partial charge in [0.05, 0.1) is 16.8 Å². The maximum atomic E-state index is 8.35. The lowest BCUT2D eigenvalue weighted by Crippen LogP contribution is -2.16. The van der Waals surface area contributed by atoms with Gasteiger partial charge in [0.15, 0.2) is 0 Å². The number of rotatable bonds is 2. The molecule has 28 heavy (non-hydrogen) atoms. The van der Waals surface area contributed by atoms with Crippen LogP contribution in [0, 0.1) is 17.2 Å². The number of aromatic amines is 1. The predicted molar refractivity (Wildman–Crippen MR) is 114 cm³/mol. The topological polar surface area (TPSA) is 68.1 Å². The Kier molecular flexibility index (Phi) is 3.90. The van der Waals surface area contributed by atoms with Crippen LogP contribution >= 0.6 is 0 Å². The largest absolute Gasteiger partial charge is 0.362 e. The van der Waals surface area contributed by atoms with Crippen molar-refractivity contribution >= 4 is 28.3 Å². The van der Waals surface area contributed by atoms with Gasteiger partial charge in [0.2, 0.25) is 0 Å². The molecule has 2 aromatic heterocycles. The first-order valence-corrected chi connectivity index (χ1v) is 9.75. The van der Waals surface area contributed by atoms with Crippen molar-refractivity contribution in [3.05, 3.63) is 71.6 Å². The van der Waals surface area contributed by atoms with Crippen molar-refractivity contribution in [2.45, 2.75) is 26.9 Å². The van der Waals surface area contributed by atoms with Crippen LogP contribution in [0.4, 0.5) is 5.69 Å². The fourth-order valence-electron chi connectivity index (χ4n) is 4.09. The molecule has 0 fully saturated rings. The molecule has 4 heterocycles. The van der Waals surface area contributed by atoms with Gasteiger partial charge in [0.25, 0.3) is 0 Å². The van der Waals surface area contributed by atoms with Gasteiger partial charge in [-0.25, -0.2) is 9.98 Å². The van der Waals surface area contributed by atoms with Crippen LogP contribution in [0.2, 0.25) is 0 Å². The summed E-state index contributed by atoms with van der Waals surface area (Å²) >= 11 is 0. The molecule has 5 nitrogen and oxygen atoms in total. The van der Waals surface area contributed by atoms with Gasteiger partial charge in [-0.3, -0.25) is 5.41 Å². The van der Waals surface area contributed by atoms with Crippen LogP contribution in [0.15, 0.2) is 59.9 Å². The Balaban J connectivity index is 1.62. The molecule has 3 aromatic rings. The summed E-state index contributed by atoms with van der Waals surface area (Å²) < 4.78 is 0. The summed E-state index contributed by atoms with van der Waals surface area (Å²) in [5, 5.41) is 9.43. The number of aliphatic imine (C=N–C) groups is 1. The lowest BCUT2D eigenvalue weighted by molar-refractivity contribution is 0.586. The van der Waals surface area contributed by atoms with Crippen molar-refractivity contribution in [2.75, 3.05) is 4.90 Å². The van der Waals surface area contributed by atoms with Crippen molar-refractivity contribution in [2.24, 2.45) is 16.8 Å². The molecule has 0 saturated carbocycles. The van der Waals surface area contributed by atoms with E-state index in [2.05, 4.69) is 76.2 Å². The lowest BCUT2D eigenvalue weighted by Gasteiger charge is -2.19. The third-order valence-electron chi connectivity index (χ3n) is 6.03. The highest BCUT2D eigenvalue weighted by Crippen LogP contribution is 2.35. The van der Waals surface area contributed by atoms with E-state index in [1.807, 2.05) is 12.4 Å². The highest BCUT2D eigenvalue weighted by molar-refractivity contribution is 6.21. The molecule has 5 heteroatoms. The van der Waals surface area contributed by atoms with Crippen LogP contribution in [-0.2, 0) is 13.1 Å². The van der Waals surface area contributed by atoms with Gasteiger partial charge in [0, 0.05) is 37.0 Å². The summed E-state index contributed by atoms with van der Waals surface area (Å²) in [5.74, 6) is 0.843. The zero-order valence-electron chi connectivity index (χ0n) is 16.1. The van der Waals surface area contributed by atoms with Crippen LogP contribution in [0.1, 0.15) is 30.5 Å². The molecule has 2 unspecified atom stereocenters. The van der Waals surface area contributed by atoms with E-state index in [1.54, 1.807) is 0 Å². The third-order valence-corrected chi connectivity index (χ3v) is 6.03. The number of amidine groups is 1. The van der Waals surface area contributed by atoms with Gasteiger partial charge in [-0.15, -0.1) is 0 Å². The second kappa shape index (κ2) is 6.44. The van der Waals surface area contributed by atoms with Gasteiger partial charge in [0.1, 0.15) is 11.5 Å². The molecule has 1 aromatic carbocycles. The predicted octanol–water partition coefficient (Wildman–Crippen LogP) is 4.69. The molecule has 2 N–H and O–H groups in total. The number of anilines is 1. The molecule has 140 valence electrons. The van der Waals surface area contributed by atoms with Gasteiger partial charge in [-0.1, -0.05) is 44.2 Å². The second-order valence-electron chi connectivity index (χ2n) is 7.77. The quantitative estimate of drug-likeness (QED) is 0.688. The van der Waals surface area contributed by atoms with E-state index in [4.69, 9.17) is 5.41 Å². The summed E-state index contributed by atoms with van der Waals surface area (Å²) in [4.78, 5) is 14.9. The number of hydrogen-bond acceptors (Lipinski definition) is 3. The molecule has 0 saturated heterocycles. The summed E-state index contributed by atoms with van der Waals surface area (Å²) in [6, 6.07) is 10.7. The molecular formula is C23H23N5. The normalized spacial score (nSPS) is 21.7. The lowest BCUT2D eigenvalue weighted by atomic mass is 9.95. The van der Waals surface area contributed by atoms with Crippen molar-refractivity contribution in [3.63, 3.8) is 0 Å². The zero-order valence-corrected chi connectivity index (χ0v) is 16.1. The number of fused-ring (bicyclic) bond motifs is 2. The minimum atomic E-state index is 0.115. The molecule has 2 atom stereocenters. The zero-order chi connectivity index (χ0) is 19.3. The number of nitrogens with one attached hydrogen (secondary N) is 2. The number of nitrogens with zero attached hydrogens (tertiary/aromatic N) is 3. The fourth-order valence-corrected chi connectivity index (χ4v) is 4.09. The number of pyridine rings is 1. The van der Waals surface area contributed by atoms with Crippen LogP contribution < -0.4 is 4.90 Å². The van der Waals surface area contributed by atoms with Crippen molar-refractivity contribution in [1.82, 2.24) is 9.97 Å². The average Bonchev–Trinajstić information content (AvgIpc) is 3.31. The van der Waals surface area contributed by atoms with Crippen LogP contribution in [0.5, 0.6) is 0 Å². The van der Waals surface area contributed by atoms with Crippen molar-refractivity contribution in [3.8, 4) is 0 Å². The number of hydrogen-bond donors (Lipinski definition) is 2. The van der Waals surface area contributed by atoms with E-state index < -0.39 is 0 Å². The average molecular weight is 369 g/mol.